The Morgan fingerprint density at radius 3 is 2.53 bits per heavy atom. The second-order valence-corrected chi connectivity index (χ2v) is 8.45. The molecule has 1 atom stereocenters. The van der Waals surface area contributed by atoms with Crippen molar-refractivity contribution in [3.8, 4) is 6.07 Å². The molecule has 0 spiro atoms. The topological polar surface area (TPSA) is 79.6 Å². The Kier molecular flexibility index (Phi) is 9.77. The largest absolute Gasteiger partial charge is 0.463 e. The van der Waals surface area contributed by atoms with E-state index in [2.05, 4.69) is 0 Å². The van der Waals surface area contributed by atoms with Crippen molar-refractivity contribution in [3.63, 3.8) is 0 Å². The van der Waals surface area contributed by atoms with Crippen LogP contribution in [0.25, 0.3) is 0 Å². The van der Waals surface area contributed by atoms with Crippen LogP contribution >= 0.6 is 0 Å². The summed E-state index contributed by atoms with van der Waals surface area (Å²) in [4.78, 5) is 26.0. The fourth-order valence-electron chi connectivity index (χ4n) is 2.80. The first-order valence-electron chi connectivity index (χ1n) is 10.3. The molecule has 166 valence electrons. The van der Waals surface area contributed by atoms with Crippen LogP contribution in [0.1, 0.15) is 64.5 Å². The number of nitriles is 1. The number of halogens is 1. The number of benzene rings is 1. The molecule has 1 rings (SSSR count). The predicted molar refractivity (Wildman–Crippen MR) is 113 cm³/mol. The van der Waals surface area contributed by atoms with Gasteiger partial charge in [-0.1, -0.05) is 25.5 Å². The van der Waals surface area contributed by atoms with Crippen LogP contribution in [0.3, 0.4) is 0 Å². The van der Waals surface area contributed by atoms with E-state index in [1.807, 2.05) is 13.0 Å². The van der Waals surface area contributed by atoms with Gasteiger partial charge in [-0.05, 0) is 57.7 Å². The summed E-state index contributed by atoms with van der Waals surface area (Å²) in [5.41, 5.74) is -1.91. The van der Waals surface area contributed by atoms with Crippen LogP contribution < -0.4 is 0 Å². The maximum Gasteiger partial charge on any atom is 0.410 e. The first-order chi connectivity index (χ1) is 14.0. The van der Waals surface area contributed by atoms with Crippen molar-refractivity contribution in [1.82, 2.24) is 4.90 Å². The zero-order chi connectivity index (χ0) is 22.8. The summed E-state index contributed by atoms with van der Waals surface area (Å²) in [6.45, 7) is 7.67. The van der Waals surface area contributed by atoms with E-state index in [1.165, 1.54) is 4.90 Å². The average Bonchev–Trinajstić information content (AvgIpc) is 2.66. The summed E-state index contributed by atoms with van der Waals surface area (Å²) in [6, 6.07) is 8.55. The Hall–Kier alpha value is -2.62. The molecule has 0 bridgehead atoms. The van der Waals surface area contributed by atoms with Crippen molar-refractivity contribution in [2.24, 2.45) is 0 Å². The van der Waals surface area contributed by atoms with Crippen molar-refractivity contribution in [2.45, 2.75) is 71.1 Å². The molecule has 0 aliphatic heterocycles. The molecule has 0 saturated carbocycles. The van der Waals surface area contributed by atoms with Gasteiger partial charge >= 0.3 is 12.1 Å². The Morgan fingerprint density at radius 1 is 1.23 bits per heavy atom. The Balaban J connectivity index is 2.83. The van der Waals surface area contributed by atoms with Crippen LogP contribution in [0.2, 0.25) is 0 Å². The fourth-order valence-corrected chi connectivity index (χ4v) is 2.80. The zero-order valence-corrected chi connectivity index (χ0v) is 18.7. The number of unbranched alkanes of at least 4 members (excludes halogenated alkanes) is 1. The molecule has 30 heavy (non-hydrogen) atoms. The van der Waals surface area contributed by atoms with Gasteiger partial charge in [-0.2, -0.15) is 5.26 Å². The second-order valence-electron chi connectivity index (χ2n) is 8.45. The van der Waals surface area contributed by atoms with Gasteiger partial charge in [-0.3, -0.25) is 0 Å². The quantitative estimate of drug-likeness (QED) is 0.401. The number of hydrogen-bond acceptors (Lipinski definition) is 5. The number of hydrogen-bond donors (Lipinski definition) is 0. The van der Waals surface area contributed by atoms with E-state index >= 15 is 4.39 Å². The smallest absolute Gasteiger partial charge is 0.410 e. The highest BCUT2D eigenvalue weighted by atomic mass is 19.1. The van der Waals surface area contributed by atoms with Crippen LogP contribution in [0.5, 0.6) is 0 Å². The monoisotopic (exact) mass is 420 g/mol. The maximum absolute atomic E-state index is 15.8. The molecule has 0 saturated heterocycles. The van der Waals surface area contributed by atoms with E-state index in [-0.39, 0.29) is 32.4 Å². The van der Waals surface area contributed by atoms with Crippen molar-refractivity contribution in [2.75, 3.05) is 20.2 Å². The molecule has 0 aliphatic carbocycles. The second kappa shape index (κ2) is 11.5. The van der Waals surface area contributed by atoms with Crippen molar-refractivity contribution in [3.05, 3.63) is 35.4 Å². The van der Waals surface area contributed by atoms with E-state index in [0.29, 0.717) is 17.5 Å². The summed E-state index contributed by atoms with van der Waals surface area (Å²) < 4.78 is 26.2. The van der Waals surface area contributed by atoms with Crippen LogP contribution in [-0.4, -0.2) is 48.4 Å². The average molecular weight is 421 g/mol. The van der Waals surface area contributed by atoms with Gasteiger partial charge in [0.05, 0.1) is 18.2 Å². The van der Waals surface area contributed by atoms with Gasteiger partial charge in [0.15, 0.2) is 0 Å². The summed E-state index contributed by atoms with van der Waals surface area (Å²) in [7, 11) is 1.57. The van der Waals surface area contributed by atoms with Gasteiger partial charge in [-0.15, -0.1) is 0 Å². The number of carbonyl (C=O) groups is 2. The lowest BCUT2D eigenvalue weighted by molar-refractivity contribution is -0.158. The van der Waals surface area contributed by atoms with Crippen LogP contribution in [0.4, 0.5) is 9.18 Å². The van der Waals surface area contributed by atoms with Crippen LogP contribution in [0.15, 0.2) is 24.3 Å². The highest BCUT2D eigenvalue weighted by Gasteiger charge is 2.40. The molecule has 1 aromatic carbocycles. The number of carbonyl (C=O) groups excluding carboxylic acids is 2. The number of alkyl halides is 1. The molecular weight excluding hydrogens is 387 g/mol. The molecule has 0 fully saturated rings. The maximum atomic E-state index is 15.8. The van der Waals surface area contributed by atoms with Gasteiger partial charge in [0.1, 0.15) is 5.60 Å². The first kappa shape index (κ1) is 25.4. The number of amides is 1. The normalized spacial score (nSPS) is 13.1. The van der Waals surface area contributed by atoms with Crippen molar-refractivity contribution in [1.29, 1.82) is 5.26 Å². The van der Waals surface area contributed by atoms with Crippen molar-refractivity contribution >= 4 is 12.1 Å². The van der Waals surface area contributed by atoms with E-state index in [4.69, 9.17) is 14.7 Å². The molecule has 0 N–H and O–H groups in total. The lowest BCUT2D eigenvalue weighted by Crippen LogP contribution is -2.40. The highest BCUT2D eigenvalue weighted by Crippen LogP contribution is 2.27. The lowest BCUT2D eigenvalue weighted by Gasteiger charge is -2.27. The van der Waals surface area contributed by atoms with Gasteiger partial charge in [0.2, 0.25) is 5.67 Å². The van der Waals surface area contributed by atoms with E-state index < -0.39 is 23.3 Å². The number of ether oxygens (including phenoxy) is 2. The number of nitrogens with zero attached hydrogens (tertiary/aromatic N) is 2. The Morgan fingerprint density at radius 2 is 1.93 bits per heavy atom. The SMILES string of the molecule is CCCCOC(=O)C(F)(CCCN(C)C(=O)OC(C)(C)C)Cc1cccc(C#N)c1. The minimum absolute atomic E-state index is 0.109. The van der Waals surface area contributed by atoms with E-state index in [1.54, 1.807) is 52.1 Å². The summed E-state index contributed by atoms with van der Waals surface area (Å²) in [5, 5.41) is 9.06. The van der Waals surface area contributed by atoms with Gasteiger partial charge < -0.3 is 14.4 Å². The summed E-state index contributed by atoms with van der Waals surface area (Å²) >= 11 is 0. The van der Waals surface area contributed by atoms with Gasteiger partial charge in [0.25, 0.3) is 0 Å². The van der Waals surface area contributed by atoms with Crippen LogP contribution in [-0.2, 0) is 20.7 Å². The molecule has 1 amide bonds. The van der Waals surface area contributed by atoms with Crippen molar-refractivity contribution < 1.29 is 23.5 Å². The standard InChI is InChI=1S/C23H33FN2O4/c1-6-7-14-29-20(27)23(24,16-18-10-8-11-19(15-18)17-25)12-9-13-26(5)21(28)30-22(2,3)4/h8,10-11,15H,6-7,9,12-14,16H2,1-5H3. The summed E-state index contributed by atoms with van der Waals surface area (Å²) in [6.07, 6.45) is 0.947. The first-order valence-corrected chi connectivity index (χ1v) is 10.3. The third-order valence-electron chi connectivity index (χ3n) is 4.41. The zero-order valence-electron chi connectivity index (χ0n) is 18.7. The minimum Gasteiger partial charge on any atom is -0.463 e. The highest BCUT2D eigenvalue weighted by molar-refractivity contribution is 5.80. The third kappa shape index (κ3) is 8.81. The molecule has 1 unspecified atom stereocenters. The van der Waals surface area contributed by atoms with E-state index in [0.717, 1.165) is 6.42 Å². The number of rotatable bonds is 10. The molecule has 6 nitrogen and oxygen atoms in total. The van der Waals surface area contributed by atoms with Crippen LogP contribution in [0, 0.1) is 11.3 Å². The Bertz CT molecular complexity index is 754. The Labute approximate surface area is 179 Å². The summed E-state index contributed by atoms with van der Waals surface area (Å²) in [5.74, 6) is -0.904. The van der Waals surface area contributed by atoms with Gasteiger partial charge in [0, 0.05) is 20.0 Å². The lowest BCUT2D eigenvalue weighted by atomic mass is 9.91. The molecular formula is C23H33FN2O4. The third-order valence-corrected chi connectivity index (χ3v) is 4.41. The minimum atomic E-state index is -2.24. The predicted octanol–water partition coefficient (Wildman–Crippen LogP) is 4.80. The molecule has 0 aliphatic rings. The fraction of sp³-hybridized carbons (Fsp3) is 0.609. The molecule has 7 heteroatoms. The molecule has 0 radical (unpaired) electrons. The number of esters is 1. The molecule has 1 aromatic rings. The molecule has 0 aromatic heterocycles. The van der Waals surface area contributed by atoms with E-state index in [9.17, 15) is 9.59 Å². The van der Waals surface area contributed by atoms with Gasteiger partial charge in [-0.25, -0.2) is 14.0 Å². The molecule has 0 heterocycles.